The topological polar surface area (TPSA) is 117 Å². The molecule has 0 saturated heterocycles. The monoisotopic (exact) mass is 492 g/mol. The van der Waals surface area contributed by atoms with Gasteiger partial charge in [0, 0.05) is 28.7 Å². The molecule has 0 bridgehead atoms. The summed E-state index contributed by atoms with van der Waals surface area (Å²) in [6.45, 7) is 0.291. The summed E-state index contributed by atoms with van der Waals surface area (Å²) in [5.41, 5.74) is 2.27. The maximum absolute atomic E-state index is 12.6. The van der Waals surface area contributed by atoms with Crippen molar-refractivity contribution in [1.29, 1.82) is 0 Å². The van der Waals surface area contributed by atoms with Gasteiger partial charge in [-0.1, -0.05) is 18.2 Å². The van der Waals surface area contributed by atoms with E-state index in [2.05, 4.69) is 20.3 Å². The Morgan fingerprint density at radius 1 is 0.824 bits per heavy atom. The third-order valence-electron chi connectivity index (χ3n) is 4.70. The van der Waals surface area contributed by atoms with Crippen LogP contribution >= 0.6 is 11.3 Å². The molecular formula is C24H20N4O4S2. The third kappa shape index (κ3) is 5.85. The van der Waals surface area contributed by atoms with Crippen molar-refractivity contribution >= 4 is 44.5 Å². The molecule has 0 fully saturated rings. The minimum atomic E-state index is -3.66. The number of hydrogen-bond donors (Lipinski definition) is 3. The molecule has 2 amide bonds. The van der Waals surface area contributed by atoms with Crippen LogP contribution in [0.5, 0.6) is 0 Å². The molecule has 0 aliphatic heterocycles. The fourth-order valence-corrected chi connectivity index (χ4v) is 5.08. The van der Waals surface area contributed by atoms with Gasteiger partial charge in [0.25, 0.3) is 21.8 Å². The van der Waals surface area contributed by atoms with Crippen molar-refractivity contribution in [3.05, 3.63) is 107 Å². The van der Waals surface area contributed by atoms with Crippen LogP contribution in [0.25, 0.3) is 0 Å². The summed E-state index contributed by atoms with van der Waals surface area (Å²) >= 11 is 1.12. The first-order chi connectivity index (χ1) is 16.4. The second kappa shape index (κ2) is 10.3. The first kappa shape index (κ1) is 23.1. The molecule has 4 aromatic rings. The van der Waals surface area contributed by atoms with Crippen LogP contribution in [-0.2, 0) is 16.6 Å². The normalized spacial score (nSPS) is 10.9. The van der Waals surface area contributed by atoms with E-state index >= 15 is 0 Å². The Bertz CT molecular complexity index is 1390. The Morgan fingerprint density at radius 2 is 1.65 bits per heavy atom. The number of nitrogens with one attached hydrogen (secondary N) is 3. The minimum absolute atomic E-state index is 0.207. The van der Waals surface area contributed by atoms with Gasteiger partial charge in [-0.15, -0.1) is 11.3 Å². The number of benzene rings is 2. The Kier molecular flexibility index (Phi) is 7.00. The van der Waals surface area contributed by atoms with Gasteiger partial charge in [-0.25, -0.2) is 8.42 Å². The maximum atomic E-state index is 12.6. The van der Waals surface area contributed by atoms with Crippen molar-refractivity contribution in [1.82, 2.24) is 10.3 Å². The fraction of sp³-hybridized carbons (Fsp3) is 0.0417. The van der Waals surface area contributed by atoms with Crippen LogP contribution < -0.4 is 15.4 Å². The molecule has 2 aromatic heterocycles. The largest absolute Gasteiger partial charge is 0.346 e. The SMILES string of the molecule is O=C(NCc1ccccn1)c1cccc(NC(=O)c2ccc(NS(=O)(=O)c3cccs3)cc2)c1. The number of thiophene rings is 1. The highest BCUT2D eigenvalue weighted by atomic mass is 32.2. The maximum Gasteiger partial charge on any atom is 0.271 e. The van der Waals surface area contributed by atoms with Crippen molar-refractivity contribution in [2.24, 2.45) is 0 Å². The molecule has 0 saturated carbocycles. The number of carbonyl (C=O) groups excluding carboxylic acids is 2. The average Bonchev–Trinajstić information content (AvgIpc) is 3.40. The zero-order valence-electron chi connectivity index (χ0n) is 17.8. The molecule has 10 heteroatoms. The summed E-state index contributed by atoms with van der Waals surface area (Å²) < 4.78 is 27.3. The zero-order valence-corrected chi connectivity index (χ0v) is 19.4. The van der Waals surface area contributed by atoms with E-state index < -0.39 is 15.9 Å². The highest BCUT2D eigenvalue weighted by Crippen LogP contribution is 2.21. The van der Waals surface area contributed by atoms with Crippen LogP contribution in [0.1, 0.15) is 26.4 Å². The molecule has 3 N–H and O–H groups in total. The predicted molar refractivity (Wildman–Crippen MR) is 131 cm³/mol. The molecule has 2 aromatic carbocycles. The van der Waals surface area contributed by atoms with E-state index in [1.165, 1.54) is 30.3 Å². The highest BCUT2D eigenvalue weighted by Gasteiger charge is 2.15. The zero-order chi connectivity index (χ0) is 24.0. The number of anilines is 2. The first-order valence-corrected chi connectivity index (χ1v) is 12.5. The van der Waals surface area contributed by atoms with Gasteiger partial charge in [0.15, 0.2) is 0 Å². The van der Waals surface area contributed by atoms with Crippen LogP contribution in [0.2, 0.25) is 0 Å². The molecule has 0 spiro atoms. The lowest BCUT2D eigenvalue weighted by Crippen LogP contribution is -2.23. The van der Waals surface area contributed by atoms with E-state index in [4.69, 9.17) is 0 Å². The summed E-state index contributed by atoms with van der Waals surface area (Å²) in [5.74, 6) is -0.678. The molecule has 2 heterocycles. The minimum Gasteiger partial charge on any atom is -0.346 e. The van der Waals surface area contributed by atoms with Gasteiger partial charge in [-0.2, -0.15) is 0 Å². The average molecular weight is 493 g/mol. The van der Waals surface area contributed by atoms with Crippen LogP contribution in [0.4, 0.5) is 11.4 Å². The molecule has 34 heavy (non-hydrogen) atoms. The summed E-state index contributed by atoms with van der Waals surface area (Å²) in [6.07, 6.45) is 1.66. The number of amides is 2. The third-order valence-corrected chi connectivity index (χ3v) is 7.48. The Labute approximate surface area is 200 Å². The van der Waals surface area contributed by atoms with E-state index in [1.807, 2.05) is 12.1 Å². The van der Waals surface area contributed by atoms with Gasteiger partial charge in [0.1, 0.15) is 4.21 Å². The van der Waals surface area contributed by atoms with Gasteiger partial charge >= 0.3 is 0 Å². The number of aromatic nitrogens is 1. The highest BCUT2D eigenvalue weighted by molar-refractivity contribution is 7.94. The number of rotatable bonds is 8. The van der Waals surface area contributed by atoms with Crippen molar-refractivity contribution in [2.45, 2.75) is 10.8 Å². The summed E-state index contributed by atoms with van der Waals surface area (Å²) in [5, 5.41) is 7.22. The Balaban J connectivity index is 1.37. The van der Waals surface area contributed by atoms with Crippen LogP contribution in [0.3, 0.4) is 0 Å². The number of carbonyl (C=O) groups is 2. The number of pyridine rings is 1. The number of hydrogen-bond acceptors (Lipinski definition) is 6. The fourth-order valence-electron chi connectivity index (χ4n) is 3.03. The van der Waals surface area contributed by atoms with Gasteiger partial charge < -0.3 is 10.6 Å². The summed E-state index contributed by atoms with van der Waals surface area (Å²) in [7, 11) is -3.66. The van der Waals surface area contributed by atoms with E-state index in [1.54, 1.807) is 48.0 Å². The smallest absolute Gasteiger partial charge is 0.271 e. The standard InChI is InChI=1S/C24H20N4O4S2/c29-23(26-16-21-6-1-2-13-25-21)18-5-3-7-20(15-18)27-24(30)17-9-11-19(12-10-17)28-34(31,32)22-8-4-14-33-22/h1-15,28H,16H2,(H,26,29)(H,27,30). The quantitative estimate of drug-likeness (QED) is 0.342. The first-order valence-electron chi connectivity index (χ1n) is 10.2. The lowest BCUT2D eigenvalue weighted by molar-refractivity contribution is 0.0949. The number of sulfonamides is 1. The Hall–Kier alpha value is -4.02. The summed E-state index contributed by atoms with van der Waals surface area (Å²) in [4.78, 5) is 29.3. The van der Waals surface area contributed by atoms with Gasteiger partial charge in [0.2, 0.25) is 0 Å². The van der Waals surface area contributed by atoms with Crippen LogP contribution in [0.15, 0.2) is 94.6 Å². The predicted octanol–water partition coefficient (Wildman–Crippen LogP) is 4.13. The lowest BCUT2D eigenvalue weighted by atomic mass is 10.1. The van der Waals surface area contributed by atoms with E-state index in [0.29, 0.717) is 29.0 Å². The van der Waals surface area contributed by atoms with E-state index in [-0.39, 0.29) is 10.1 Å². The lowest BCUT2D eigenvalue weighted by Gasteiger charge is -2.10. The van der Waals surface area contributed by atoms with Crippen LogP contribution in [0, 0.1) is 0 Å². The molecule has 0 unspecified atom stereocenters. The van der Waals surface area contributed by atoms with Crippen molar-refractivity contribution in [3.8, 4) is 0 Å². The second-order valence-electron chi connectivity index (χ2n) is 7.15. The van der Waals surface area contributed by atoms with Crippen molar-refractivity contribution in [3.63, 3.8) is 0 Å². The van der Waals surface area contributed by atoms with Crippen LogP contribution in [-0.4, -0.2) is 25.2 Å². The molecule has 0 aliphatic rings. The van der Waals surface area contributed by atoms with E-state index in [0.717, 1.165) is 17.0 Å². The van der Waals surface area contributed by atoms with Gasteiger partial charge in [-0.3, -0.25) is 19.3 Å². The van der Waals surface area contributed by atoms with E-state index in [9.17, 15) is 18.0 Å². The number of nitrogens with zero attached hydrogens (tertiary/aromatic N) is 1. The molecule has 0 atom stereocenters. The molecule has 4 rings (SSSR count). The van der Waals surface area contributed by atoms with Crippen molar-refractivity contribution < 1.29 is 18.0 Å². The molecule has 0 radical (unpaired) electrons. The van der Waals surface area contributed by atoms with Gasteiger partial charge in [-0.05, 0) is 66.0 Å². The Morgan fingerprint density at radius 3 is 2.35 bits per heavy atom. The second-order valence-corrected chi connectivity index (χ2v) is 10.0. The molecule has 8 nitrogen and oxygen atoms in total. The summed E-state index contributed by atoms with van der Waals surface area (Å²) in [6, 6.07) is 21.3. The van der Waals surface area contributed by atoms with Crippen molar-refractivity contribution in [2.75, 3.05) is 10.0 Å². The van der Waals surface area contributed by atoms with Gasteiger partial charge in [0.05, 0.1) is 12.2 Å². The molecular weight excluding hydrogens is 472 g/mol. The molecule has 0 aliphatic carbocycles. The molecule has 172 valence electrons.